The molecule has 0 bridgehead atoms. The molecule has 5 heteroatoms. The van der Waals surface area contributed by atoms with Gasteiger partial charge in [0.15, 0.2) is 0 Å². The van der Waals surface area contributed by atoms with Crippen molar-refractivity contribution in [2.24, 2.45) is 0 Å². The second-order valence-corrected chi connectivity index (χ2v) is 5.12. The largest absolute Gasteiger partial charge is 0.496 e. The summed E-state index contributed by atoms with van der Waals surface area (Å²) in [7, 11) is 1.50. The number of carbonyl (C=O) groups excluding carboxylic acids is 1. The Labute approximate surface area is 132 Å². The van der Waals surface area contributed by atoms with Crippen LogP contribution in [0, 0.1) is 6.92 Å². The van der Waals surface area contributed by atoms with Crippen LogP contribution in [0.3, 0.4) is 0 Å². The molecule has 23 heavy (non-hydrogen) atoms. The Hall–Kier alpha value is -3.08. The van der Waals surface area contributed by atoms with Crippen molar-refractivity contribution in [1.82, 2.24) is 4.57 Å². The van der Waals surface area contributed by atoms with Crippen molar-refractivity contribution in [2.75, 3.05) is 7.11 Å². The number of carboxylic acids is 1. The normalized spacial score (nSPS) is 10.7. The number of nitrogens with zero attached hydrogens (tertiary/aromatic N) is 1. The number of ether oxygens (including phenoxy) is 1. The second kappa shape index (κ2) is 5.61. The molecule has 0 saturated carbocycles. The minimum absolute atomic E-state index is 0.142. The van der Waals surface area contributed by atoms with E-state index in [-0.39, 0.29) is 11.5 Å². The molecule has 1 heterocycles. The van der Waals surface area contributed by atoms with E-state index in [9.17, 15) is 14.7 Å². The minimum Gasteiger partial charge on any atom is -0.496 e. The first-order chi connectivity index (χ1) is 11.1. The van der Waals surface area contributed by atoms with Gasteiger partial charge in [0.05, 0.1) is 23.8 Å². The van der Waals surface area contributed by atoms with E-state index in [0.717, 1.165) is 0 Å². The van der Waals surface area contributed by atoms with Crippen LogP contribution in [-0.4, -0.2) is 28.7 Å². The zero-order chi connectivity index (χ0) is 16.6. The summed E-state index contributed by atoms with van der Waals surface area (Å²) in [4.78, 5) is 24.6. The van der Waals surface area contributed by atoms with Crippen molar-refractivity contribution in [1.29, 1.82) is 0 Å². The molecule has 3 rings (SSSR count). The van der Waals surface area contributed by atoms with Crippen molar-refractivity contribution in [3.63, 3.8) is 0 Å². The van der Waals surface area contributed by atoms with Crippen LogP contribution in [0.4, 0.5) is 0 Å². The van der Waals surface area contributed by atoms with Gasteiger partial charge < -0.3 is 9.84 Å². The van der Waals surface area contributed by atoms with Crippen LogP contribution in [-0.2, 0) is 0 Å². The monoisotopic (exact) mass is 309 g/mol. The molecular weight excluding hydrogens is 294 g/mol. The Bertz CT molecular complexity index is 924. The first-order valence-corrected chi connectivity index (χ1v) is 7.07. The number of carboxylic acid groups (broad SMARTS) is 1. The number of benzene rings is 2. The molecule has 3 aromatic rings. The molecule has 5 nitrogen and oxygen atoms in total. The molecule has 0 aliphatic heterocycles. The highest BCUT2D eigenvalue weighted by molar-refractivity contribution is 6.11. The van der Waals surface area contributed by atoms with Gasteiger partial charge in [0.1, 0.15) is 5.75 Å². The number of para-hydroxylation sites is 2. The van der Waals surface area contributed by atoms with Gasteiger partial charge in [0, 0.05) is 11.1 Å². The average Bonchev–Trinajstić information content (AvgIpc) is 2.86. The molecule has 0 aliphatic carbocycles. The van der Waals surface area contributed by atoms with Crippen LogP contribution < -0.4 is 4.74 Å². The fourth-order valence-corrected chi connectivity index (χ4v) is 2.84. The van der Waals surface area contributed by atoms with Gasteiger partial charge in [-0.1, -0.05) is 30.3 Å². The molecule has 0 fully saturated rings. The number of rotatable bonds is 3. The molecule has 0 aliphatic rings. The number of hydrogen-bond acceptors (Lipinski definition) is 3. The van der Waals surface area contributed by atoms with E-state index in [1.165, 1.54) is 11.7 Å². The Kier molecular flexibility index (Phi) is 3.62. The summed E-state index contributed by atoms with van der Waals surface area (Å²) in [6, 6.07) is 13.9. The van der Waals surface area contributed by atoms with Gasteiger partial charge in [-0.2, -0.15) is 0 Å². The van der Waals surface area contributed by atoms with Crippen molar-refractivity contribution < 1.29 is 19.4 Å². The molecule has 0 spiro atoms. The predicted molar refractivity (Wildman–Crippen MR) is 86.4 cm³/mol. The summed E-state index contributed by atoms with van der Waals surface area (Å²) in [6.45, 7) is 1.64. The lowest BCUT2D eigenvalue weighted by Crippen LogP contribution is -2.15. The number of hydrogen-bond donors (Lipinski definition) is 1. The van der Waals surface area contributed by atoms with Crippen molar-refractivity contribution >= 4 is 22.8 Å². The van der Waals surface area contributed by atoms with E-state index in [4.69, 9.17) is 4.74 Å². The van der Waals surface area contributed by atoms with Gasteiger partial charge in [-0.25, -0.2) is 4.79 Å². The summed E-state index contributed by atoms with van der Waals surface area (Å²) in [5, 5.41) is 10.0. The third-order valence-corrected chi connectivity index (χ3v) is 3.87. The fourth-order valence-electron chi connectivity index (χ4n) is 2.84. The maximum Gasteiger partial charge on any atom is 0.338 e. The van der Waals surface area contributed by atoms with Gasteiger partial charge in [-0.05, 0) is 25.1 Å². The van der Waals surface area contributed by atoms with Crippen molar-refractivity contribution in [3.8, 4) is 5.75 Å². The molecule has 1 aromatic heterocycles. The van der Waals surface area contributed by atoms with Gasteiger partial charge in [0.2, 0.25) is 0 Å². The van der Waals surface area contributed by atoms with E-state index in [0.29, 0.717) is 27.9 Å². The van der Waals surface area contributed by atoms with E-state index >= 15 is 0 Å². The quantitative estimate of drug-likeness (QED) is 0.805. The molecule has 0 radical (unpaired) electrons. The summed E-state index contributed by atoms with van der Waals surface area (Å²) in [5.41, 5.74) is 1.49. The fraction of sp³-hybridized carbons (Fsp3) is 0.111. The molecule has 0 saturated heterocycles. The number of fused-ring (bicyclic) bond motifs is 1. The maximum atomic E-state index is 13.0. The Morgan fingerprint density at radius 3 is 2.39 bits per heavy atom. The number of methoxy groups -OCH3 is 1. The Morgan fingerprint density at radius 2 is 1.70 bits per heavy atom. The number of carbonyl (C=O) groups is 2. The summed E-state index contributed by atoms with van der Waals surface area (Å²) < 4.78 is 6.67. The summed E-state index contributed by atoms with van der Waals surface area (Å²) in [5.74, 6) is -0.916. The van der Waals surface area contributed by atoms with Crippen LogP contribution in [0.15, 0.2) is 48.5 Å². The standard InChI is InChI=1S/C18H15NO4/c1-11-16(18(21)22)12-7-3-5-9-14(12)19(11)17(20)13-8-4-6-10-15(13)23-2/h3-10H,1-2H3,(H,21,22). The van der Waals surface area contributed by atoms with Gasteiger partial charge in [0.25, 0.3) is 5.91 Å². The maximum absolute atomic E-state index is 13.0. The molecule has 2 aromatic carbocycles. The highest BCUT2D eigenvalue weighted by atomic mass is 16.5. The summed E-state index contributed by atoms with van der Waals surface area (Å²) >= 11 is 0. The second-order valence-electron chi connectivity index (χ2n) is 5.12. The van der Waals surface area contributed by atoms with Crippen LogP contribution in [0.1, 0.15) is 26.4 Å². The molecule has 1 N–H and O–H groups in total. The first-order valence-electron chi connectivity index (χ1n) is 7.07. The Morgan fingerprint density at radius 1 is 1.04 bits per heavy atom. The zero-order valence-electron chi connectivity index (χ0n) is 12.7. The zero-order valence-corrected chi connectivity index (χ0v) is 12.7. The molecular formula is C18H15NO4. The van der Waals surface area contributed by atoms with Crippen LogP contribution in [0.25, 0.3) is 10.9 Å². The van der Waals surface area contributed by atoms with Crippen LogP contribution in [0.2, 0.25) is 0 Å². The SMILES string of the molecule is COc1ccccc1C(=O)n1c(C)c(C(=O)O)c2ccccc21. The van der Waals surface area contributed by atoms with Gasteiger partial charge in [-0.15, -0.1) is 0 Å². The smallest absolute Gasteiger partial charge is 0.338 e. The third kappa shape index (κ3) is 2.26. The number of aromatic carboxylic acids is 1. The van der Waals surface area contributed by atoms with Crippen LogP contribution >= 0.6 is 0 Å². The lowest BCUT2D eigenvalue weighted by Gasteiger charge is -2.10. The van der Waals surface area contributed by atoms with E-state index < -0.39 is 5.97 Å². The van der Waals surface area contributed by atoms with Crippen molar-refractivity contribution in [3.05, 3.63) is 65.4 Å². The number of aromatic nitrogens is 1. The molecule has 0 unspecified atom stereocenters. The average molecular weight is 309 g/mol. The lowest BCUT2D eigenvalue weighted by atomic mass is 10.1. The van der Waals surface area contributed by atoms with Gasteiger partial charge >= 0.3 is 5.97 Å². The molecule has 0 amide bonds. The van der Waals surface area contributed by atoms with Crippen molar-refractivity contribution in [2.45, 2.75) is 6.92 Å². The van der Waals surface area contributed by atoms with E-state index in [1.807, 2.05) is 0 Å². The van der Waals surface area contributed by atoms with E-state index in [2.05, 4.69) is 0 Å². The highest BCUT2D eigenvalue weighted by Gasteiger charge is 2.24. The van der Waals surface area contributed by atoms with Crippen LogP contribution in [0.5, 0.6) is 5.75 Å². The topological polar surface area (TPSA) is 68.5 Å². The third-order valence-electron chi connectivity index (χ3n) is 3.87. The molecule has 116 valence electrons. The first kappa shape index (κ1) is 14.8. The molecule has 0 atom stereocenters. The predicted octanol–water partition coefficient (Wildman–Crippen LogP) is 3.35. The minimum atomic E-state index is -1.05. The highest BCUT2D eigenvalue weighted by Crippen LogP contribution is 2.28. The van der Waals surface area contributed by atoms with Gasteiger partial charge in [-0.3, -0.25) is 9.36 Å². The summed E-state index contributed by atoms with van der Waals surface area (Å²) in [6.07, 6.45) is 0. The lowest BCUT2D eigenvalue weighted by molar-refractivity contribution is 0.0698. The van der Waals surface area contributed by atoms with E-state index in [1.54, 1.807) is 55.5 Å². The Balaban J connectivity index is 2.30.